The van der Waals surface area contributed by atoms with Crippen molar-refractivity contribution in [3.05, 3.63) is 64.3 Å². The number of aryl methyl sites for hydroxylation is 1. The number of carbonyl (C=O) groups is 1. The zero-order valence-corrected chi connectivity index (χ0v) is 16.3. The van der Waals surface area contributed by atoms with E-state index in [1.165, 1.54) is 0 Å². The molecule has 0 aliphatic carbocycles. The molecular weight excluding hydrogens is 415 g/mol. The molecule has 1 aliphatic heterocycles. The summed E-state index contributed by atoms with van der Waals surface area (Å²) in [6.45, 7) is 1.59. The van der Waals surface area contributed by atoms with E-state index in [0.717, 1.165) is 34.2 Å². The van der Waals surface area contributed by atoms with Gasteiger partial charge in [-0.15, -0.1) is 11.3 Å². The summed E-state index contributed by atoms with van der Waals surface area (Å²) in [5.41, 5.74) is 2.28. The average Bonchev–Trinajstić information content (AvgIpc) is 3.33. The largest absolute Gasteiger partial charge is 0.433 e. The summed E-state index contributed by atoms with van der Waals surface area (Å²) >= 11 is 0.943. The third-order valence-corrected chi connectivity index (χ3v) is 6.04. The fourth-order valence-corrected chi connectivity index (χ4v) is 4.73. The van der Waals surface area contributed by atoms with Crippen molar-refractivity contribution in [1.29, 1.82) is 0 Å². The molecule has 0 spiro atoms. The van der Waals surface area contributed by atoms with E-state index in [1.807, 2.05) is 30.3 Å². The van der Waals surface area contributed by atoms with Crippen LogP contribution >= 0.6 is 11.3 Å². The number of halogens is 3. The zero-order chi connectivity index (χ0) is 21.0. The van der Waals surface area contributed by atoms with E-state index in [0.29, 0.717) is 21.5 Å². The van der Waals surface area contributed by atoms with Gasteiger partial charge in [-0.3, -0.25) is 9.89 Å². The van der Waals surface area contributed by atoms with Crippen molar-refractivity contribution in [3.8, 4) is 11.3 Å². The molecule has 0 unspecified atom stereocenters. The maximum Gasteiger partial charge on any atom is 0.433 e. The van der Waals surface area contributed by atoms with Crippen molar-refractivity contribution in [1.82, 2.24) is 20.5 Å². The molecule has 5 rings (SSSR count). The van der Waals surface area contributed by atoms with Crippen molar-refractivity contribution < 1.29 is 18.0 Å². The lowest BCUT2D eigenvalue weighted by molar-refractivity contribution is -0.141. The van der Waals surface area contributed by atoms with Crippen molar-refractivity contribution in [2.24, 2.45) is 0 Å². The number of nitrogens with zero attached hydrogens (tertiary/aromatic N) is 2. The third-order valence-electron chi connectivity index (χ3n) is 4.96. The Morgan fingerprint density at radius 1 is 1.13 bits per heavy atom. The average molecular weight is 429 g/mol. The molecule has 1 aromatic carbocycles. The van der Waals surface area contributed by atoms with Gasteiger partial charge >= 0.3 is 6.18 Å². The molecule has 152 valence electrons. The highest BCUT2D eigenvalue weighted by Gasteiger charge is 2.36. The maximum atomic E-state index is 13.1. The molecule has 10 heteroatoms. The summed E-state index contributed by atoms with van der Waals surface area (Å²) in [5, 5.41) is 13.7. The lowest BCUT2D eigenvalue weighted by Crippen LogP contribution is -2.37. The number of aromatic nitrogens is 3. The molecule has 1 aliphatic rings. The molecule has 1 atom stereocenters. The van der Waals surface area contributed by atoms with Gasteiger partial charge in [-0.25, -0.2) is 4.98 Å². The van der Waals surface area contributed by atoms with Crippen molar-refractivity contribution in [2.75, 3.05) is 5.32 Å². The maximum absolute atomic E-state index is 13.1. The van der Waals surface area contributed by atoms with Gasteiger partial charge in [0.25, 0.3) is 5.91 Å². The summed E-state index contributed by atoms with van der Waals surface area (Å²) in [6, 6.07) is 10.5. The molecule has 0 radical (unpaired) electrons. The number of alkyl halides is 3. The molecule has 0 saturated carbocycles. The Kier molecular flexibility index (Phi) is 4.07. The van der Waals surface area contributed by atoms with Gasteiger partial charge in [-0.2, -0.15) is 18.3 Å². The number of rotatable bonds is 2. The number of fused-ring (bicyclic) bond motifs is 3. The van der Waals surface area contributed by atoms with Crippen LogP contribution in [-0.2, 0) is 6.18 Å². The number of hydrogen-bond donors (Lipinski definition) is 3. The lowest BCUT2D eigenvalue weighted by Gasteiger charge is -2.26. The summed E-state index contributed by atoms with van der Waals surface area (Å²) in [4.78, 5) is 17.0. The topological polar surface area (TPSA) is 82.7 Å². The standard InChI is InChI=1S/C20H14F3N5OS/c1-9-7-12(20(21,22)23)25-19-13(9)15-16(30-19)18(29)27-17(26-15)11-8-24-28-14(11)10-5-3-2-4-6-10/h2-8,17,26H,1H3,(H,24,28)(H,27,29)/t17-/m0/s1. The first-order valence-corrected chi connectivity index (χ1v) is 9.82. The van der Waals surface area contributed by atoms with Crippen LogP contribution < -0.4 is 10.6 Å². The van der Waals surface area contributed by atoms with E-state index in [2.05, 4.69) is 25.8 Å². The first kappa shape index (κ1) is 18.6. The number of thiophene rings is 1. The second-order valence-corrected chi connectivity index (χ2v) is 7.92. The summed E-state index contributed by atoms with van der Waals surface area (Å²) in [7, 11) is 0. The Balaban J connectivity index is 1.60. The lowest BCUT2D eigenvalue weighted by atomic mass is 10.0. The minimum absolute atomic E-state index is 0.172. The number of benzene rings is 1. The molecule has 0 saturated heterocycles. The molecule has 4 aromatic rings. The summed E-state index contributed by atoms with van der Waals surface area (Å²) in [5.74, 6) is -0.370. The van der Waals surface area contributed by atoms with Crippen molar-refractivity contribution in [3.63, 3.8) is 0 Å². The summed E-state index contributed by atoms with van der Waals surface area (Å²) < 4.78 is 39.4. The van der Waals surface area contributed by atoms with Crippen LogP contribution in [0.2, 0.25) is 0 Å². The Hall–Kier alpha value is -3.40. The van der Waals surface area contributed by atoms with Crippen LogP contribution in [0.15, 0.2) is 42.6 Å². The van der Waals surface area contributed by atoms with Gasteiger partial charge in [-0.05, 0) is 24.1 Å². The summed E-state index contributed by atoms with van der Waals surface area (Å²) in [6.07, 6.45) is -3.53. The number of anilines is 1. The molecule has 30 heavy (non-hydrogen) atoms. The second kappa shape index (κ2) is 6.56. The van der Waals surface area contributed by atoms with Gasteiger partial charge in [0.1, 0.15) is 21.6 Å². The van der Waals surface area contributed by atoms with E-state index in [9.17, 15) is 18.0 Å². The van der Waals surface area contributed by atoms with Gasteiger partial charge in [0.05, 0.1) is 17.6 Å². The smallest absolute Gasteiger partial charge is 0.360 e. The first-order valence-electron chi connectivity index (χ1n) is 9.00. The van der Waals surface area contributed by atoms with E-state index in [4.69, 9.17) is 0 Å². The number of aromatic amines is 1. The predicted octanol–water partition coefficient (Wildman–Crippen LogP) is 4.87. The monoisotopic (exact) mass is 429 g/mol. The van der Waals surface area contributed by atoms with Gasteiger partial charge in [-0.1, -0.05) is 30.3 Å². The molecule has 0 bridgehead atoms. The van der Waals surface area contributed by atoms with Crippen molar-refractivity contribution >= 4 is 33.1 Å². The van der Waals surface area contributed by atoms with Crippen molar-refractivity contribution in [2.45, 2.75) is 19.3 Å². The number of pyridine rings is 1. The van der Waals surface area contributed by atoms with Crippen LogP contribution in [-0.4, -0.2) is 21.1 Å². The number of hydrogen-bond acceptors (Lipinski definition) is 5. The third kappa shape index (κ3) is 2.91. The highest BCUT2D eigenvalue weighted by molar-refractivity contribution is 7.21. The van der Waals surface area contributed by atoms with Gasteiger partial charge in [0.15, 0.2) is 0 Å². The Morgan fingerprint density at radius 3 is 2.63 bits per heavy atom. The van der Waals surface area contributed by atoms with E-state index in [1.54, 1.807) is 13.1 Å². The Morgan fingerprint density at radius 2 is 1.90 bits per heavy atom. The minimum atomic E-state index is -4.55. The van der Waals surface area contributed by atoms with Crippen LogP contribution in [0.3, 0.4) is 0 Å². The number of nitrogens with one attached hydrogen (secondary N) is 3. The Bertz CT molecular complexity index is 1280. The second-order valence-electron chi connectivity index (χ2n) is 6.93. The predicted molar refractivity (Wildman–Crippen MR) is 107 cm³/mol. The normalized spacial score (nSPS) is 16.3. The number of amides is 1. The van der Waals surface area contributed by atoms with E-state index >= 15 is 0 Å². The van der Waals surface area contributed by atoms with Crippen LogP contribution in [0.5, 0.6) is 0 Å². The van der Waals surface area contributed by atoms with Crippen LogP contribution in [0.1, 0.15) is 32.7 Å². The van der Waals surface area contributed by atoms with Crippen LogP contribution in [0.4, 0.5) is 18.9 Å². The molecule has 3 N–H and O–H groups in total. The fraction of sp³-hybridized carbons (Fsp3) is 0.150. The molecule has 6 nitrogen and oxygen atoms in total. The Labute approximate surface area is 172 Å². The molecule has 1 amide bonds. The fourth-order valence-electron chi connectivity index (χ4n) is 3.61. The first-order chi connectivity index (χ1) is 14.3. The number of H-pyrrole nitrogens is 1. The zero-order valence-electron chi connectivity index (χ0n) is 15.5. The molecule has 3 aromatic heterocycles. The highest BCUT2D eigenvalue weighted by Crippen LogP contribution is 2.43. The van der Waals surface area contributed by atoms with E-state index in [-0.39, 0.29) is 10.7 Å². The molecule has 4 heterocycles. The van der Waals surface area contributed by atoms with E-state index < -0.39 is 18.0 Å². The minimum Gasteiger partial charge on any atom is -0.360 e. The van der Waals surface area contributed by atoms with Gasteiger partial charge < -0.3 is 10.6 Å². The molecular formula is C20H14F3N5OS. The SMILES string of the molecule is Cc1cc(C(F)(F)F)nc2sc3c(c12)N[C@H](c1cn[nH]c1-c1ccccc1)NC3=O. The van der Waals surface area contributed by atoms with Gasteiger partial charge in [0.2, 0.25) is 0 Å². The molecule has 0 fully saturated rings. The number of carbonyl (C=O) groups excluding carboxylic acids is 1. The van der Waals surface area contributed by atoms with Gasteiger partial charge in [0, 0.05) is 10.9 Å². The van der Waals surface area contributed by atoms with Crippen LogP contribution in [0.25, 0.3) is 21.5 Å². The quantitative estimate of drug-likeness (QED) is 0.425. The highest BCUT2D eigenvalue weighted by atomic mass is 32.1. The van der Waals surface area contributed by atoms with Crippen LogP contribution in [0, 0.1) is 6.92 Å².